The molecule has 2 N–H and O–H groups in total. The number of ether oxygens (including phenoxy) is 1. The lowest BCUT2D eigenvalue weighted by Gasteiger charge is -2.09. The van der Waals surface area contributed by atoms with Crippen LogP contribution in [0, 0.1) is 5.92 Å². The predicted molar refractivity (Wildman–Crippen MR) is 100.0 cm³/mol. The number of anilines is 1. The number of pyridine rings is 1. The van der Waals surface area contributed by atoms with Crippen LogP contribution < -0.4 is 15.5 Å². The molecule has 0 aliphatic rings. The number of carbonyl (C=O) groups excluding carboxylic acids is 1. The molecular weight excluding hydrogens is 356 g/mol. The van der Waals surface area contributed by atoms with Crippen molar-refractivity contribution in [1.29, 1.82) is 0 Å². The van der Waals surface area contributed by atoms with E-state index in [0.717, 1.165) is 0 Å². The number of hydrogen-bond acceptors (Lipinski definition) is 5. The van der Waals surface area contributed by atoms with E-state index in [1.807, 2.05) is 13.8 Å². The fraction of sp³-hybridized carbons (Fsp3) is 0.333. The van der Waals surface area contributed by atoms with Crippen LogP contribution in [0.4, 0.5) is 5.69 Å². The number of sulfone groups is 1. The van der Waals surface area contributed by atoms with Crippen molar-refractivity contribution in [3.63, 3.8) is 0 Å². The summed E-state index contributed by atoms with van der Waals surface area (Å²) in [6.45, 7) is 4.30. The molecule has 0 bridgehead atoms. The van der Waals surface area contributed by atoms with Crippen molar-refractivity contribution in [3.8, 4) is 5.75 Å². The minimum Gasteiger partial charge on any atom is -0.488 e. The molecule has 2 rings (SSSR count). The highest BCUT2D eigenvalue weighted by Gasteiger charge is 2.18. The first-order chi connectivity index (χ1) is 12.2. The summed E-state index contributed by atoms with van der Waals surface area (Å²) in [4.78, 5) is 26.6. The number of H-pyrrole nitrogens is 1. The summed E-state index contributed by atoms with van der Waals surface area (Å²) < 4.78 is 29.8. The van der Waals surface area contributed by atoms with Crippen molar-refractivity contribution in [2.45, 2.75) is 19.6 Å². The average Bonchev–Trinajstić information content (AvgIpc) is 2.53. The van der Waals surface area contributed by atoms with Crippen molar-refractivity contribution in [1.82, 2.24) is 4.98 Å². The van der Waals surface area contributed by atoms with E-state index in [2.05, 4.69) is 10.3 Å². The van der Waals surface area contributed by atoms with Gasteiger partial charge < -0.3 is 15.0 Å². The summed E-state index contributed by atoms with van der Waals surface area (Å²) in [5.74, 6) is -1.33. The van der Waals surface area contributed by atoms with Crippen molar-refractivity contribution in [2.75, 3.05) is 17.7 Å². The van der Waals surface area contributed by atoms with Gasteiger partial charge in [-0.05, 0) is 18.1 Å². The van der Waals surface area contributed by atoms with E-state index in [1.165, 1.54) is 12.3 Å². The van der Waals surface area contributed by atoms with Crippen molar-refractivity contribution in [3.05, 3.63) is 58.5 Å². The number of benzene rings is 1. The minimum atomic E-state index is -3.73. The van der Waals surface area contributed by atoms with E-state index in [9.17, 15) is 18.0 Å². The average molecular weight is 378 g/mol. The lowest BCUT2D eigenvalue weighted by atomic mass is 10.2. The van der Waals surface area contributed by atoms with Gasteiger partial charge in [0.1, 0.15) is 5.75 Å². The molecule has 1 aromatic carbocycles. The van der Waals surface area contributed by atoms with Crippen LogP contribution in [0.25, 0.3) is 0 Å². The Hall–Kier alpha value is -2.61. The van der Waals surface area contributed by atoms with Crippen molar-refractivity contribution in [2.24, 2.45) is 5.92 Å². The molecule has 0 aliphatic carbocycles. The third-order valence-corrected chi connectivity index (χ3v) is 4.75. The molecule has 140 valence electrons. The number of aromatic nitrogens is 1. The molecule has 0 spiro atoms. The second-order valence-corrected chi connectivity index (χ2v) is 8.40. The van der Waals surface area contributed by atoms with Gasteiger partial charge in [-0.1, -0.05) is 32.0 Å². The van der Waals surface area contributed by atoms with E-state index < -0.39 is 32.7 Å². The predicted octanol–water partition coefficient (Wildman–Crippen LogP) is 1.96. The lowest BCUT2D eigenvalue weighted by Crippen LogP contribution is -2.24. The Kier molecular flexibility index (Phi) is 6.57. The van der Waals surface area contributed by atoms with Gasteiger partial charge in [-0.15, -0.1) is 0 Å². The topological polar surface area (TPSA) is 105 Å². The summed E-state index contributed by atoms with van der Waals surface area (Å²) in [5, 5.41) is 2.52. The van der Waals surface area contributed by atoms with Crippen molar-refractivity contribution >= 4 is 21.4 Å². The number of aromatic amines is 1. The van der Waals surface area contributed by atoms with Gasteiger partial charge in [0, 0.05) is 23.6 Å². The van der Waals surface area contributed by atoms with Gasteiger partial charge in [-0.2, -0.15) is 0 Å². The maximum Gasteiger partial charge on any atom is 0.239 e. The monoisotopic (exact) mass is 378 g/mol. The molecule has 1 amide bonds. The molecule has 0 radical (unpaired) electrons. The number of para-hydroxylation sites is 1. The Balaban J connectivity index is 1.99. The van der Waals surface area contributed by atoms with E-state index in [0.29, 0.717) is 12.3 Å². The molecule has 1 heterocycles. The normalized spacial score (nSPS) is 11.3. The molecule has 0 saturated heterocycles. The second kappa shape index (κ2) is 8.66. The van der Waals surface area contributed by atoms with Gasteiger partial charge in [0.15, 0.2) is 15.6 Å². The number of nitrogens with one attached hydrogen (secondary N) is 2. The van der Waals surface area contributed by atoms with E-state index >= 15 is 0 Å². The Bertz CT molecular complexity index is 905. The fourth-order valence-corrected chi connectivity index (χ4v) is 3.37. The first kappa shape index (κ1) is 19.7. The van der Waals surface area contributed by atoms with Crippen LogP contribution in [-0.2, 0) is 20.4 Å². The maximum atomic E-state index is 12.2. The van der Waals surface area contributed by atoms with Gasteiger partial charge in [0.2, 0.25) is 11.3 Å². The van der Waals surface area contributed by atoms with Crippen LogP contribution in [-0.4, -0.2) is 31.7 Å². The quantitative estimate of drug-likeness (QED) is 0.730. The van der Waals surface area contributed by atoms with Gasteiger partial charge >= 0.3 is 0 Å². The van der Waals surface area contributed by atoms with Crippen molar-refractivity contribution < 1.29 is 17.9 Å². The highest BCUT2D eigenvalue weighted by Crippen LogP contribution is 2.09. The molecule has 1 aromatic heterocycles. The standard InChI is InChI=1S/C18H22N2O5S/c1-13(2)10-25-17-9-19-15(8-16(17)21)11-26(23,24)12-18(22)20-14-6-4-3-5-7-14/h3-9,13H,10-12H2,1-2H3,(H,19,21)(H,20,22). The van der Waals surface area contributed by atoms with Crippen LogP contribution in [0.3, 0.4) is 0 Å². The van der Waals surface area contributed by atoms with E-state index in [4.69, 9.17) is 4.74 Å². The number of rotatable bonds is 8. The Morgan fingerprint density at radius 1 is 1.23 bits per heavy atom. The zero-order valence-electron chi connectivity index (χ0n) is 14.7. The smallest absolute Gasteiger partial charge is 0.239 e. The van der Waals surface area contributed by atoms with E-state index in [-0.39, 0.29) is 17.4 Å². The maximum absolute atomic E-state index is 12.2. The van der Waals surface area contributed by atoms with Gasteiger partial charge in [-0.3, -0.25) is 9.59 Å². The third kappa shape index (κ3) is 6.36. The summed E-state index contributed by atoms with van der Waals surface area (Å²) >= 11 is 0. The fourth-order valence-electron chi connectivity index (χ4n) is 2.16. The summed E-state index contributed by atoms with van der Waals surface area (Å²) in [6.07, 6.45) is 1.35. The zero-order chi connectivity index (χ0) is 19.2. The molecule has 0 saturated carbocycles. The molecule has 8 heteroatoms. The zero-order valence-corrected chi connectivity index (χ0v) is 15.5. The van der Waals surface area contributed by atoms with E-state index in [1.54, 1.807) is 30.3 Å². The summed E-state index contributed by atoms with van der Waals surface area (Å²) in [5.41, 5.74) is 0.329. The second-order valence-electron chi connectivity index (χ2n) is 6.34. The molecule has 0 aliphatic heterocycles. The Morgan fingerprint density at radius 2 is 1.92 bits per heavy atom. The highest BCUT2D eigenvalue weighted by atomic mass is 32.2. The van der Waals surface area contributed by atoms with Gasteiger partial charge in [0.05, 0.1) is 12.4 Å². The van der Waals surface area contributed by atoms with Crippen LogP contribution in [0.15, 0.2) is 47.4 Å². The summed E-state index contributed by atoms with van der Waals surface area (Å²) in [6, 6.07) is 9.77. The van der Waals surface area contributed by atoms with Crippen LogP contribution >= 0.6 is 0 Å². The van der Waals surface area contributed by atoms with Crippen LogP contribution in [0.5, 0.6) is 5.75 Å². The number of carbonyl (C=O) groups is 1. The lowest BCUT2D eigenvalue weighted by molar-refractivity contribution is -0.113. The molecule has 0 fully saturated rings. The third-order valence-electron chi connectivity index (χ3n) is 3.29. The number of hydrogen-bond donors (Lipinski definition) is 2. The van der Waals surface area contributed by atoms with Gasteiger partial charge in [0.25, 0.3) is 0 Å². The van der Waals surface area contributed by atoms with Crippen LogP contribution in [0.2, 0.25) is 0 Å². The highest BCUT2D eigenvalue weighted by molar-refractivity contribution is 7.91. The Labute approximate surface area is 152 Å². The molecular formula is C18H22N2O5S. The largest absolute Gasteiger partial charge is 0.488 e. The van der Waals surface area contributed by atoms with Crippen LogP contribution in [0.1, 0.15) is 19.5 Å². The first-order valence-electron chi connectivity index (χ1n) is 8.15. The molecule has 2 aromatic rings. The first-order valence-corrected chi connectivity index (χ1v) is 9.97. The minimum absolute atomic E-state index is 0.140. The molecule has 7 nitrogen and oxygen atoms in total. The number of amides is 1. The van der Waals surface area contributed by atoms with Gasteiger partial charge in [-0.25, -0.2) is 8.42 Å². The SMILES string of the molecule is CC(C)COc1c[nH]c(CS(=O)(=O)CC(=O)Nc2ccccc2)cc1=O. The molecule has 26 heavy (non-hydrogen) atoms. The molecule has 0 unspecified atom stereocenters. The summed E-state index contributed by atoms with van der Waals surface area (Å²) in [7, 11) is -3.73. The Morgan fingerprint density at radius 3 is 2.54 bits per heavy atom. The molecule has 0 atom stereocenters.